The monoisotopic (exact) mass is 402 g/mol. The number of hydrogen-bond acceptors (Lipinski definition) is 5. The third kappa shape index (κ3) is 6.07. The highest BCUT2D eigenvalue weighted by atomic mass is 32.2. The summed E-state index contributed by atoms with van der Waals surface area (Å²) in [5.41, 5.74) is -0.101. The van der Waals surface area contributed by atoms with Crippen molar-refractivity contribution in [3.63, 3.8) is 0 Å². The third-order valence-corrected chi connectivity index (χ3v) is 5.81. The Morgan fingerprint density at radius 3 is 2.38 bits per heavy atom. The molecule has 0 bridgehead atoms. The second kappa shape index (κ2) is 7.99. The predicted molar refractivity (Wildman–Crippen MR) is 87.2 cm³/mol. The number of nitrogens with one attached hydrogen (secondary N) is 1. The number of rotatable bonds is 3. The maximum Gasteiger partial charge on any atom is 0.490 e. The zero-order chi connectivity index (χ0) is 19.6. The molecular formula is C15H25F3N2O5S. The van der Waals surface area contributed by atoms with Crippen LogP contribution in [0.25, 0.3) is 0 Å². The number of ether oxygens (including phenoxy) is 1. The van der Waals surface area contributed by atoms with Gasteiger partial charge < -0.3 is 9.84 Å². The van der Waals surface area contributed by atoms with Crippen molar-refractivity contribution in [2.24, 2.45) is 0 Å². The molecule has 152 valence electrons. The van der Waals surface area contributed by atoms with Gasteiger partial charge in [0.2, 0.25) is 10.0 Å². The van der Waals surface area contributed by atoms with Gasteiger partial charge in [0.05, 0.1) is 11.9 Å². The Morgan fingerprint density at radius 2 is 1.92 bits per heavy atom. The van der Waals surface area contributed by atoms with E-state index in [1.807, 2.05) is 0 Å². The fourth-order valence-corrected chi connectivity index (χ4v) is 4.46. The van der Waals surface area contributed by atoms with E-state index in [1.54, 1.807) is 0 Å². The van der Waals surface area contributed by atoms with E-state index >= 15 is 0 Å². The van der Waals surface area contributed by atoms with Crippen LogP contribution in [0.2, 0.25) is 0 Å². The number of carboxylic acids is 1. The van der Waals surface area contributed by atoms with E-state index in [0.717, 1.165) is 38.4 Å². The van der Waals surface area contributed by atoms with Gasteiger partial charge in [-0.1, -0.05) is 6.42 Å². The molecule has 0 aromatic carbocycles. The van der Waals surface area contributed by atoms with Crippen molar-refractivity contribution in [3.8, 4) is 0 Å². The molecule has 3 aliphatic rings. The van der Waals surface area contributed by atoms with Crippen LogP contribution >= 0.6 is 0 Å². The molecule has 1 saturated carbocycles. The number of carboxylic acid groups (broad SMARTS) is 1. The van der Waals surface area contributed by atoms with Gasteiger partial charge in [-0.25, -0.2) is 17.9 Å². The van der Waals surface area contributed by atoms with Crippen molar-refractivity contribution in [1.82, 2.24) is 9.62 Å². The number of carbonyl (C=O) groups is 1. The lowest BCUT2D eigenvalue weighted by molar-refractivity contribution is -0.192. The van der Waals surface area contributed by atoms with Crippen LogP contribution < -0.4 is 4.72 Å². The second-order valence-electron chi connectivity index (χ2n) is 7.22. The number of sulfonamides is 1. The van der Waals surface area contributed by atoms with E-state index in [0.29, 0.717) is 6.61 Å². The summed E-state index contributed by atoms with van der Waals surface area (Å²) < 4.78 is 63.3. The fourth-order valence-electron chi connectivity index (χ4n) is 3.65. The normalized spacial score (nSPS) is 30.5. The third-order valence-electron chi connectivity index (χ3n) is 5.05. The largest absolute Gasteiger partial charge is 0.490 e. The quantitative estimate of drug-likeness (QED) is 0.740. The molecule has 3 fully saturated rings. The molecule has 0 aromatic rings. The summed E-state index contributed by atoms with van der Waals surface area (Å²) in [7, 11) is -3.11. The standard InChI is InChI=1S/C13H24N2O3S.C2HF3O2/c1-19(16,17)14-11-5-8-18-13(9-11)6-7-15(10-13)12-3-2-4-12;3-2(4,5)1(6)7/h11-12,14H,2-10H2,1H3;(H,6,7)/t11-,13+;/m0./s1. The molecule has 0 radical (unpaired) electrons. The average molecular weight is 402 g/mol. The second-order valence-corrected chi connectivity index (χ2v) is 9.00. The highest BCUT2D eigenvalue weighted by molar-refractivity contribution is 7.88. The van der Waals surface area contributed by atoms with E-state index in [-0.39, 0.29) is 11.6 Å². The van der Waals surface area contributed by atoms with E-state index in [2.05, 4.69) is 9.62 Å². The molecule has 0 unspecified atom stereocenters. The van der Waals surface area contributed by atoms with Gasteiger partial charge >= 0.3 is 12.1 Å². The summed E-state index contributed by atoms with van der Waals surface area (Å²) in [6, 6.07) is 0.802. The molecule has 2 heterocycles. The minimum absolute atomic E-state index is 0.0464. The van der Waals surface area contributed by atoms with Crippen LogP contribution in [0.1, 0.15) is 38.5 Å². The molecule has 7 nitrogen and oxygen atoms in total. The molecule has 26 heavy (non-hydrogen) atoms. The Hall–Kier alpha value is -0.910. The van der Waals surface area contributed by atoms with Crippen LogP contribution in [0, 0.1) is 0 Å². The van der Waals surface area contributed by atoms with Crippen molar-refractivity contribution in [1.29, 1.82) is 0 Å². The van der Waals surface area contributed by atoms with Crippen LogP contribution in [0.4, 0.5) is 13.2 Å². The summed E-state index contributed by atoms with van der Waals surface area (Å²) in [4.78, 5) is 11.4. The number of likely N-dealkylation sites (tertiary alicyclic amines) is 1. The smallest absolute Gasteiger partial charge is 0.475 e. The van der Waals surface area contributed by atoms with Gasteiger partial charge in [-0.3, -0.25) is 4.90 Å². The van der Waals surface area contributed by atoms with Crippen molar-refractivity contribution < 1.29 is 36.2 Å². The van der Waals surface area contributed by atoms with Gasteiger partial charge in [0.1, 0.15) is 0 Å². The van der Waals surface area contributed by atoms with Gasteiger partial charge in [0.15, 0.2) is 0 Å². The maximum absolute atomic E-state index is 11.4. The fraction of sp³-hybridized carbons (Fsp3) is 0.933. The molecule has 11 heteroatoms. The SMILES string of the molecule is CS(=O)(=O)N[C@H]1CCO[C@]2(CCN(C3CCC3)C2)C1.O=C(O)C(F)(F)F. The summed E-state index contributed by atoms with van der Waals surface area (Å²) >= 11 is 0. The Kier molecular flexibility index (Phi) is 6.57. The Morgan fingerprint density at radius 1 is 1.31 bits per heavy atom. The Balaban J connectivity index is 0.000000298. The van der Waals surface area contributed by atoms with Crippen molar-refractivity contribution in [2.45, 2.75) is 62.4 Å². The van der Waals surface area contributed by atoms with Crippen LogP contribution in [0.15, 0.2) is 0 Å². The lowest BCUT2D eigenvalue weighted by atomic mass is 9.89. The summed E-state index contributed by atoms with van der Waals surface area (Å²) in [6.07, 6.45) is 2.81. The van der Waals surface area contributed by atoms with Gasteiger partial charge in [0.25, 0.3) is 0 Å². The molecule has 2 atom stereocenters. The molecule has 2 saturated heterocycles. The lowest BCUT2D eigenvalue weighted by Gasteiger charge is -2.40. The first-order valence-corrected chi connectivity index (χ1v) is 10.4. The molecule has 3 rings (SSSR count). The van der Waals surface area contributed by atoms with Crippen LogP contribution in [0.5, 0.6) is 0 Å². The molecule has 2 aliphatic heterocycles. The minimum atomic E-state index is -5.08. The number of halogens is 3. The number of aliphatic carboxylic acids is 1. The van der Waals surface area contributed by atoms with Crippen molar-refractivity contribution >= 4 is 16.0 Å². The van der Waals surface area contributed by atoms with E-state index in [1.165, 1.54) is 25.5 Å². The topological polar surface area (TPSA) is 95.9 Å². The molecule has 2 N–H and O–H groups in total. The highest BCUT2D eigenvalue weighted by Crippen LogP contribution is 2.38. The van der Waals surface area contributed by atoms with Crippen molar-refractivity contribution in [3.05, 3.63) is 0 Å². The van der Waals surface area contributed by atoms with E-state index in [4.69, 9.17) is 14.6 Å². The summed E-state index contributed by atoms with van der Waals surface area (Å²) in [5.74, 6) is -2.76. The first-order chi connectivity index (χ1) is 11.9. The molecule has 1 spiro atoms. The van der Waals surface area contributed by atoms with Gasteiger partial charge in [-0.2, -0.15) is 13.2 Å². The first kappa shape index (κ1) is 21.4. The van der Waals surface area contributed by atoms with Crippen LogP contribution in [-0.4, -0.2) is 74.2 Å². The highest BCUT2D eigenvalue weighted by Gasteiger charge is 2.45. The number of nitrogens with zero attached hydrogens (tertiary/aromatic N) is 1. The Labute approximate surface area is 150 Å². The minimum Gasteiger partial charge on any atom is -0.475 e. The molecular weight excluding hydrogens is 377 g/mol. The molecule has 0 aromatic heterocycles. The number of hydrogen-bond donors (Lipinski definition) is 2. The first-order valence-electron chi connectivity index (χ1n) is 8.56. The van der Waals surface area contributed by atoms with Crippen LogP contribution in [-0.2, 0) is 19.6 Å². The Bertz CT molecular complexity index is 609. The van der Waals surface area contributed by atoms with Crippen molar-refractivity contribution in [2.75, 3.05) is 26.0 Å². The molecule has 1 aliphatic carbocycles. The van der Waals surface area contributed by atoms with E-state index in [9.17, 15) is 21.6 Å². The molecule has 0 amide bonds. The van der Waals surface area contributed by atoms with E-state index < -0.39 is 22.2 Å². The zero-order valence-electron chi connectivity index (χ0n) is 14.6. The number of alkyl halides is 3. The van der Waals surface area contributed by atoms with Gasteiger partial charge in [0, 0.05) is 31.8 Å². The average Bonchev–Trinajstić information content (AvgIpc) is 2.77. The predicted octanol–water partition coefficient (Wildman–Crippen LogP) is 1.34. The van der Waals surface area contributed by atoms with Gasteiger partial charge in [-0.05, 0) is 32.1 Å². The van der Waals surface area contributed by atoms with Crippen LogP contribution in [0.3, 0.4) is 0 Å². The lowest BCUT2D eigenvalue weighted by Crippen LogP contribution is -2.50. The van der Waals surface area contributed by atoms with Gasteiger partial charge in [-0.15, -0.1) is 0 Å². The summed E-state index contributed by atoms with van der Waals surface area (Å²) in [5, 5.41) is 7.12. The zero-order valence-corrected chi connectivity index (χ0v) is 15.4. The summed E-state index contributed by atoms with van der Waals surface area (Å²) in [6.45, 7) is 2.77. The maximum atomic E-state index is 11.4.